The second kappa shape index (κ2) is 4.78. The Labute approximate surface area is 99.6 Å². The van der Waals surface area contributed by atoms with Crippen molar-refractivity contribution < 1.29 is 26.9 Å². The summed E-state index contributed by atoms with van der Waals surface area (Å²) in [6.07, 6.45) is -2.84. The molecule has 0 radical (unpaired) electrons. The molecule has 0 atom stereocenters. The lowest BCUT2D eigenvalue weighted by atomic mass is 10.2. The number of nitrogens with zero attached hydrogens (tertiary/aromatic N) is 2. The van der Waals surface area contributed by atoms with Gasteiger partial charge in [-0.1, -0.05) is 0 Å². The van der Waals surface area contributed by atoms with Gasteiger partial charge in [0.25, 0.3) is 6.43 Å². The van der Waals surface area contributed by atoms with Crippen LogP contribution < -0.4 is 9.88 Å². The lowest BCUT2D eigenvalue weighted by molar-refractivity contribution is -0.389. The molecule has 1 aromatic rings. The van der Waals surface area contributed by atoms with E-state index in [-0.39, 0.29) is 0 Å². The van der Waals surface area contributed by atoms with Gasteiger partial charge < -0.3 is 4.74 Å². The van der Waals surface area contributed by atoms with Crippen molar-refractivity contribution in [1.82, 2.24) is 4.98 Å². The Balaban J connectivity index is 3.80. The number of rotatable bonds is 4. The fourth-order valence-corrected chi connectivity index (χ4v) is 1.89. The molecule has 0 unspecified atom stereocenters. The monoisotopic (exact) mass is 283 g/mol. The summed E-state index contributed by atoms with van der Waals surface area (Å²) in [6, 6.07) is 0. The maximum atomic E-state index is 12.7. The van der Waals surface area contributed by atoms with Crippen LogP contribution in [0.15, 0.2) is 11.1 Å². The Bertz CT molecular complexity index is 589. The normalized spacial score (nSPS) is 11.6. The molecular weight excluding hydrogens is 276 g/mol. The molecule has 0 aliphatic carbocycles. The second-order valence-corrected chi connectivity index (χ2v) is 4.53. The zero-order valence-corrected chi connectivity index (χ0v) is 9.65. The van der Waals surface area contributed by atoms with Gasteiger partial charge in [-0.15, -0.1) is 0 Å². The third-order valence-electron chi connectivity index (χ3n) is 1.92. The lowest BCUT2D eigenvalue weighted by Gasteiger charge is -2.09. The van der Waals surface area contributed by atoms with Crippen LogP contribution in [-0.4, -0.2) is 25.4 Å². The predicted molar refractivity (Wildman–Crippen MR) is 53.8 cm³/mol. The number of alkyl halides is 2. The largest absolute Gasteiger partial charge is 0.480 e. The fourth-order valence-electron chi connectivity index (χ4n) is 1.24. The van der Waals surface area contributed by atoms with Crippen molar-refractivity contribution in [3.8, 4) is 5.88 Å². The van der Waals surface area contributed by atoms with Crippen LogP contribution in [0.3, 0.4) is 0 Å². The van der Waals surface area contributed by atoms with E-state index < -0.39 is 43.4 Å². The third kappa shape index (κ3) is 2.51. The highest BCUT2D eigenvalue weighted by atomic mass is 32.2. The Morgan fingerprint density at radius 3 is 2.44 bits per heavy atom. The minimum atomic E-state index is -4.55. The molecule has 0 aromatic carbocycles. The quantitative estimate of drug-likeness (QED) is 0.636. The highest BCUT2D eigenvalue weighted by Gasteiger charge is 2.35. The number of pyridine rings is 1. The average molecular weight is 283 g/mol. The van der Waals surface area contributed by atoms with Crippen molar-refractivity contribution in [2.75, 3.05) is 7.11 Å². The molecule has 0 bridgehead atoms. The predicted octanol–water partition coefficient (Wildman–Crippen LogP) is 0.583. The van der Waals surface area contributed by atoms with Crippen LogP contribution in [0.2, 0.25) is 0 Å². The van der Waals surface area contributed by atoms with Crippen LogP contribution in [-0.2, 0) is 10.0 Å². The highest BCUT2D eigenvalue weighted by molar-refractivity contribution is 7.89. The number of halogens is 2. The average Bonchev–Trinajstić information content (AvgIpc) is 2.25. The topological polar surface area (TPSA) is 125 Å². The van der Waals surface area contributed by atoms with Crippen molar-refractivity contribution >= 4 is 15.7 Å². The van der Waals surface area contributed by atoms with Crippen molar-refractivity contribution in [3.63, 3.8) is 0 Å². The van der Waals surface area contributed by atoms with Gasteiger partial charge in [0.2, 0.25) is 15.9 Å². The number of hydrogen-bond donors (Lipinski definition) is 1. The van der Waals surface area contributed by atoms with Crippen molar-refractivity contribution in [2.24, 2.45) is 5.14 Å². The van der Waals surface area contributed by atoms with Crippen molar-refractivity contribution in [1.29, 1.82) is 0 Å². The van der Waals surface area contributed by atoms with Crippen LogP contribution in [0, 0.1) is 10.1 Å². The highest BCUT2D eigenvalue weighted by Crippen LogP contribution is 2.38. The Hall–Kier alpha value is -1.88. The van der Waals surface area contributed by atoms with Gasteiger partial charge in [0.15, 0.2) is 10.5 Å². The van der Waals surface area contributed by atoms with Crippen LogP contribution in [0.1, 0.15) is 12.0 Å². The van der Waals surface area contributed by atoms with E-state index in [0.29, 0.717) is 6.20 Å². The van der Waals surface area contributed by atoms with Gasteiger partial charge in [0.05, 0.1) is 18.2 Å². The first kappa shape index (κ1) is 14.2. The molecule has 1 aromatic heterocycles. The van der Waals surface area contributed by atoms with E-state index in [9.17, 15) is 27.3 Å². The molecule has 0 fully saturated rings. The molecule has 0 saturated carbocycles. The summed E-state index contributed by atoms with van der Waals surface area (Å²) >= 11 is 0. The first-order chi connectivity index (χ1) is 8.20. The molecule has 1 rings (SSSR count). The number of methoxy groups -OCH3 is 1. The summed E-state index contributed by atoms with van der Waals surface area (Å²) in [7, 11) is -3.59. The molecule has 0 spiro atoms. The first-order valence-electron chi connectivity index (χ1n) is 4.22. The SMILES string of the molecule is COc1ncc(S(N)(=O)=O)c([N+](=O)[O-])c1C(F)F. The number of nitrogens with two attached hydrogens (primary N) is 1. The lowest BCUT2D eigenvalue weighted by Crippen LogP contribution is -2.16. The number of ether oxygens (including phenoxy) is 1. The molecule has 11 heteroatoms. The summed E-state index contributed by atoms with van der Waals surface area (Å²) in [5.41, 5.74) is -2.56. The molecule has 0 aliphatic rings. The van der Waals surface area contributed by atoms with E-state index in [2.05, 4.69) is 9.72 Å². The van der Waals surface area contributed by atoms with Crippen LogP contribution in [0.5, 0.6) is 5.88 Å². The van der Waals surface area contributed by atoms with E-state index in [1.54, 1.807) is 0 Å². The second-order valence-electron chi connectivity index (χ2n) is 3.00. The van der Waals surface area contributed by atoms with E-state index in [1.165, 1.54) is 0 Å². The maximum absolute atomic E-state index is 12.7. The smallest absolute Gasteiger partial charge is 0.305 e. The molecule has 0 saturated heterocycles. The van der Waals surface area contributed by atoms with Gasteiger partial charge >= 0.3 is 5.69 Å². The van der Waals surface area contributed by atoms with Gasteiger partial charge in [-0.3, -0.25) is 10.1 Å². The van der Waals surface area contributed by atoms with Gasteiger partial charge in [0.1, 0.15) is 0 Å². The Morgan fingerprint density at radius 2 is 2.11 bits per heavy atom. The summed E-state index contributed by atoms with van der Waals surface area (Å²) in [5, 5.41) is 15.4. The molecule has 100 valence electrons. The standard InChI is InChI=1S/C7H7F2N3O5S/c1-17-7-4(6(8)9)5(12(13)14)3(2-11-7)18(10,15)16/h2,6H,1H3,(H2,10,15,16). The number of aromatic nitrogens is 1. The Kier molecular flexibility index (Phi) is 3.76. The molecular formula is C7H7F2N3O5S. The molecule has 1 heterocycles. The number of primary sulfonamides is 1. The summed E-state index contributed by atoms with van der Waals surface area (Å²) in [4.78, 5) is 11.6. The Morgan fingerprint density at radius 1 is 1.56 bits per heavy atom. The fraction of sp³-hybridized carbons (Fsp3) is 0.286. The van der Waals surface area contributed by atoms with Gasteiger partial charge in [-0.25, -0.2) is 27.3 Å². The first-order valence-corrected chi connectivity index (χ1v) is 5.77. The minimum absolute atomic E-state index is 0.498. The number of nitro groups is 1. The summed E-state index contributed by atoms with van der Waals surface area (Å²) in [6.45, 7) is 0. The van der Waals surface area contributed by atoms with E-state index >= 15 is 0 Å². The zero-order valence-electron chi connectivity index (χ0n) is 8.83. The van der Waals surface area contributed by atoms with Crippen LogP contribution in [0.25, 0.3) is 0 Å². The van der Waals surface area contributed by atoms with Crippen LogP contribution in [0.4, 0.5) is 14.5 Å². The van der Waals surface area contributed by atoms with Gasteiger partial charge in [-0.2, -0.15) is 0 Å². The minimum Gasteiger partial charge on any atom is -0.480 e. The van der Waals surface area contributed by atoms with E-state index in [4.69, 9.17) is 5.14 Å². The molecule has 8 nitrogen and oxygen atoms in total. The molecule has 2 N–H and O–H groups in total. The number of sulfonamides is 1. The van der Waals surface area contributed by atoms with Gasteiger partial charge in [-0.05, 0) is 0 Å². The van der Waals surface area contributed by atoms with E-state index in [0.717, 1.165) is 7.11 Å². The summed E-state index contributed by atoms with van der Waals surface area (Å²) in [5.74, 6) is -0.732. The van der Waals surface area contributed by atoms with Crippen molar-refractivity contribution in [3.05, 3.63) is 21.9 Å². The molecule has 0 aliphatic heterocycles. The summed E-state index contributed by atoms with van der Waals surface area (Å²) < 4.78 is 52.1. The van der Waals surface area contributed by atoms with Gasteiger partial charge in [0, 0.05) is 0 Å². The maximum Gasteiger partial charge on any atom is 0.305 e. The number of hydrogen-bond acceptors (Lipinski definition) is 6. The van der Waals surface area contributed by atoms with Crippen LogP contribution >= 0.6 is 0 Å². The molecule has 18 heavy (non-hydrogen) atoms. The molecule has 0 amide bonds. The third-order valence-corrected chi connectivity index (χ3v) is 2.83. The zero-order chi connectivity index (χ0) is 14.1. The van der Waals surface area contributed by atoms with Crippen molar-refractivity contribution in [2.45, 2.75) is 11.3 Å². The van der Waals surface area contributed by atoms with E-state index in [1.807, 2.05) is 0 Å².